The highest BCUT2D eigenvalue weighted by Crippen LogP contribution is 2.40. The Bertz CT molecular complexity index is 1080. The van der Waals surface area contributed by atoms with E-state index in [1.165, 1.54) is 0 Å². The van der Waals surface area contributed by atoms with E-state index < -0.39 is 0 Å². The highest BCUT2D eigenvalue weighted by molar-refractivity contribution is 5.78. The third-order valence-electron chi connectivity index (χ3n) is 4.39. The molecule has 28 heavy (non-hydrogen) atoms. The minimum Gasteiger partial charge on any atom is -0.493 e. The smallest absolute Gasteiger partial charge is 0.203 e. The lowest BCUT2D eigenvalue weighted by atomic mass is 10.1. The minimum atomic E-state index is 0.543. The predicted octanol–water partition coefficient (Wildman–Crippen LogP) is 4.17. The SMILES string of the molecule is COc1cc(Nc2ccn3ncc(-c4ccccc4)c3n2)cc(OC)c1OC. The molecule has 0 fully saturated rings. The van der Waals surface area contributed by atoms with Crippen LogP contribution in [0.2, 0.25) is 0 Å². The minimum absolute atomic E-state index is 0.543. The molecule has 0 aliphatic heterocycles. The van der Waals surface area contributed by atoms with Crippen LogP contribution in [0.4, 0.5) is 11.5 Å². The van der Waals surface area contributed by atoms with Crippen molar-refractivity contribution in [2.45, 2.75) is 0 Å². The molecule has 0 aliphatic carbocycles. The molecule has 0 radical (unpaired) electrons. The monoisotopic (exact) mass is 376 g/mol. The first-order valence-corrected chi connectivity index (χ1v) is 8.70. The molecule has 4 aromatic rings. The fourth-order valence-electron chi connectivity index (χ4n) is 3.06. The van der Waals surface area contributed by atoms with Crippen molar-refractivity contribution in [1.29, 1.82) is 0 Å². The maximum absolute atomic E-state index is 5.41. The lowest BCUT2D eigenvalue weighted by Gasteiger charge is -2.15. The molecule has 0 saturated heterocycles. The van der Waals surface area contributed by atoms with Gasteiger partial charge >= 0.3 is 0 Å². The standard InChI is InChI=1S/C21H20N4O3/c1-26-17-11-15(12-18(27-2)20(17)28-3)23-19-9-10-25-21(24-19)16(13-22-25)14-7-5-4-6-8-14/h4-13H,1-3H3,(H,23,24). The summed E-state index contributed by atoms with van der Waals surface area (Å²) < 4.78 is 17.9. The first kappa shape index (κ1) is 17.7. The highest BCUT2D eigenvalue weighted by atomic mass is 16.5. The number of hydrogen-bond donors (Lipinski definition) is 1. The van der Waals surface area contributed by atoms with E-state index in [-0.39, 0.29) is 0 Å². The lowest BCUT2D eigenvalue weighted by Crippen LogP contribution is -2.00. The second-order valence-electron chi connectivity index (χ2n) is 6.04. The summed E-state index contributed by atoms with van der Waals surface area (Å²) in [6.07, 6.45) is 3.69. The van der Waals surface area contributed by atoms with Gasteiger partial charge in [-0.05, 0) is 11.6 Å². The number of rotatable bonds is 6. The number of aromatic nitrogens is 3. The maximum atomic E-state index is 5.41. The second kappa shape index (κ2) is 7.48. The predicted molar refractivity (Wildman–Crippen MR) is 108 cm³/mol. The van der Waals surface area contributed by atoms with Crippen molar-refractivity contribution in [3.63, 3.8) is 0 Å². The molecule has 0 bridgehead atoms. The van der Waals surface area contributed by atoms with E-state index in [0.717, 1.165) is 22.5 Å². The molecule has 0 saturated carbocycles. The molecule has 0 unspecified atom stereocenters. The van der Waals surface area contributed by atoms with Gasteiger partial charge in [0, 0.05) is 29.6 Å². The third kappa shape index (κ3) is 3.18. The first-order chi connectivity index (χ1) is 13.7. The Hall–Kier alpha value is -3.74. The Labute approximate surface area is 162 Å². The summed E-state index contributed by atoms with van der Waals surface area (Å²) in [6.45, 7) is 0. The van der Waals surface area contributed by atoms with Crippen LogP contribution in [0.3, 0.4) is 0 Å². The Balaban J connectivity index is 1.73. The molecule has 2 aromatic carbocycles. The number of benzene rings is 2. The number of nitrogens with one attached hydrogen (secondary N) is 1. The fourth-order valence-corrected chi connectivity index (χ4v) is 3.06. The van der Waals surface area contributed by atoms with Gasteiger partial charge in [0.2, 0.25) is 5.75 Å². The van der Waals surface area contributed by atoms with Crippen molar-refractivity contribution in [2.75, 3.05) is 26.6 Å². The van der Waals surface area contributed by atoms with Gasteiger partial charge in [-0.3, -0.25) is 0 Å². The third-order valence-corrected chi connectivity index (χ3v) is 4.39. The Morgan fingerprint density at radius 3 is 2.25 bits per heavy atom. The largest absolute Gasteiger partial charge is 0.493 e. The van der Waals surface area contributed by atoms with Gasteiger partial charge in [-0.1, -0.05) is 30.3 Å². The second-order valence-corrected chi connectivity index (χ2v) is 6.04. The van der Waals surface area contributed by atoms with Gasteiger partial charge in [0.15, 0.2) is 17.1 Å². The topological polar surface area (TPSA) is 69.9 Å². The molecule has 142 valence electrons. The van der Waals surface area contributed by atoms with E-state index in [9.17, 15) is 0 Å². The molecule has 0 aliphatic rings. The zero-order valence-electron chi connectivity index (χ0n) is 15.8. The maximum Gasteiger partial charge on any atom is 0.203 e. The molecule has 2 aromatic heterocycles. The molecule has 1 N–H and O–H groups in total. The van der Waals surface area contributed by atoms with Gasteiger partial charge in [-0.2, -0.15) is 5.10 Å². The van der Waals surface area contributed by atoms with Crippen LogP contribution >= 0.6 is 0 Å². The van der Waals surface area contributed by atoms with Crippen molar-refractivity contribution in [3.05, 3.63) is 60.9 Å². The van der Waals surface area contributed by atoms with Gasteiger partial charge < -0.3 is 19.5 Å². The number of ether oxygens (including phenoxy) is 3. The van der Waals surface area contributed by atoms with Crippen molar-refractivity contribution in [3.8, 4) is 28.4 Å². The fraction of sp³-hybridized carbons (Fsp3) is 0.143. The summed E-state index contributed by atoms with van der Waals surface area (Å²) in [5.41, 5.74) is 3.57. The summed E-state index contributed by atoms with van der Waals surface area (Å²) in [4.78, 5) is 4.74. The molecule has 7 nitrogen and oxygen atoms in total. The van der Waals surface area contributed by atoms with Crippen LogP contribution in [0, 0.1) is 0 Å². The van der Waals surface area contributed by atoms with Crippen molar-refractivity contribution < 1.29 is 14.2 Å². The summed E-state index contributed by atoms with van der Waals surface area (Å²) >= 11 is 0. The van der Waals surface area contributed by atoms with Gasteiger partial charge in [0.1, 0.15) is 5.82 Å². The normalized spacial score (nSPS) is 10.7. The van der Waals surface area contributed by atoms with Crippen LogP contribution in [-0.4, -0.2) is 35.9 Å². The van der Waals surface area contributed by atoms with Crippen LogP contribution < -0.4 is 19.5 Å². The Morgan fingerprint density at radius 1 is 0.893 bits per heavy atom. The summed E-state index contributed by atoms with van der Waals surface area (Å²) in [7, 11) is 4.75. The van der Waals surface area contributed by atoms with Crippen LogP contribution in [0.25, 0.3) is 16.8 Å². The molecule has 4 rings (SSSR count). The first-order valence-electron chi connectivity index (χ1n) is 8.70. The summed E-state index contributed by atoms with van der Waals surface area (Å²) in [6, 6.07) is 15.6. The van der Waals surface area contributed by atoms with Crippen LogP contribution in [0.15, 0.2) is 60.9 Å². The zero-order chi connectivity index (χ0) is 19.5. The van der Waals surface area contributed by atoms with Crippen molar-refractivity contribution in [2.24, 2.45) is 0 Å². The molecule has 0 spiro atoms. The van der Waals surface area contributed by atoms with E-state index >= 15 is 0 Å². The molecule has 0 atom stereocenters. The zero-order valence-corrected chi connectivity index (χ0v) is 15.8. The molecule has 7 heteroatoms. The lowest BCUT2D eigenvalue weighted by molar-refractivity contribution is 0.324. The number of anilines is 2. The van der Waals surface area contributed by atoms with Crippen molar-refractivity contribution in [1.82, 2.24) is 14.6 Å². The van der Waals surface area contributed by atoms with Crippen LogP contribution in [0.5, 0.6) is 17.2 Å². The number of hydrogen-bond acceptors (Lipinski definition) is 6. The van der Waals surface area contributed by atoms with Gasteiger partial charge in [-0.25, -0.2) is 9.50 Å². The van der Waals surface area contributed by atoms with E-state index in [1.807, 2.05) is 60.9 Å². The Morgan fingerprint density at radius 2 is 1.61 bits per heavy atom. The number of nitrogens with zero attached hydrogens (tertiary/aromatic N) is 3. The Kier molecular flexibility index (Phi) is 4.72. The van der Waals surface area contributed by atoms with E-state index in [1.54, 1.807) is 25.8 Å². The highest BCUT2D eigenvalue weighted by Gasteiger charge is 2.14. The number of methoxy groups -OCH3 is 3. The van der Waals surface area contributed by atoms with E-state index in [4.69, 9.17) is 19.2 Å². The van der Waals surface area contributed by atoms with Crippen LogP contribution in [-0.2, 0) is 0 Å². The average molecular weight is 376 g/mol. The average Bonchev–Trinajstić information content (AvgIpc) is 3.16. The van der Waals surface area contributed by atoms with Gasteiger partial charge in [-0.15, -0.1) is 0 Å². The van der Waals surface area contributed by atoms with Crippen molar-refractivity contribution >= 4 is 17.2 Å². The quantitative estimate of drug-likeness (QED) is 0.545. The molecular formula is C21H20N4O3. The van der Waals surface area contributed by atoms with Crippen LogP contribution in [0.1, 0.15) is 0 Å². The molecular weight excluding hydrogens is 356 g/mol. The summed E-state index contributed by atoms with van der Waals surface area (Å²) in [5.74, 6) is 2.36. The molecule has 0 amide bonds. The van der Waals surface area contributed by atoms with Gasteiger partial charge in [0.05, 0.1) is 27.5 Å². The molecule has 2 heterocycles. The van der Waals surface area contributed by atoms with Gasteiger partial charge in [0.25, 0.3) is 0 Å². The summed E-state index contributed by atoms with van der Waals surface area (Å²) in [5, 5.41) is 7.69. The van der Waals surface area contributed by atoms with E-state index in [0.29, 0.717) is 23.1 Å². The number of fused-ring (bicyclic) bond motifs is 1. The van der Waals surface area contributed by atoms with E-state index in [2.05, 4.69) is 10.4 Å².